The summed E-state index contributed by atoms with van der Waals surface area (Å²) in [5.41, 5.74) is 0. The SMILES string of the molecule is OC(O)(O)CO[SiH3]. The standard InChI is InChI=1S/C2H8O4Si/c3-2(4,5)1-6-7/h3-5H,1H2,7H3. The van der Waals surface area contributed by atoms with Crippen LogP contribution in [-0.2, 0) is 4.43 Å². The highest BCUT2D eigenvalue weighted by molar-refractivity contribution is 5.97. The molecule has 0 aromatic heterocycles. The van der Waals surface area contributed by atoms with Crippen LogP contribution in [0.4, 0.5) is 0 Å². The van der Waals surface area contributed by atoms with Crippen molar-refractivity contribution >= 4 is 10.5 Å². The molecule has 0 rings (SSSR count). The van der Waals surface area contributed by atoms with Crippen molar-refractivity contribution in [2.75, 3.05) is 6.61 Å². The minimum absolute atomic E-state index is 0.390. The number of rotatable bonds is 2. The lowest BCUT2D eigenvalue weighted by atomic mass is 10.6. The van der Waals surface area contributed by atoms with Crippen molar-refractivity contribution < 1.29 is 19.7 Å². The van der Waals surface area contributed by atoms with Crippen molar-refractivity contribution in [2.45, 2.75) is 5.97 Å². The average Bonchev–Trinajstić information content (AvgIpc) is 1.30. The van der Waals surface area contributed by atoms with Gasteiger partial charge in [-0.15, -0.1) is 0 Å². The highest BCUT2D eigenvalue weighted by Crippen LogP contribution is 1.88. The predicted octanol–water partition coefficient (Wildman–Crippen LogP) is -3.09. The maximum atomic E-state index is 8.03. The molecule has 0 heterocycles. The first-order valence-electron chi connectivity index (χ1n) is 1.72. The molecule has 5 heteroatoms. The van der Waals surface area contributed by atoms with Crippen LogP contribution in [0.15, 0.2) is 0 Å². The summed E-state index contributed by atoms with van der Waals surface area (Å²) in [4.78, 5) is 0. The van der Waals surface area contributed by atoms with Crippen molar-refractivity contribution in [3.8, 4) is 0 Å². The van der Waals surface area contributed by atoms with E-state index in [0.29, 0.717) is 10.5 Å². The van der Waals surface area contributed by atoms with Gasteiger partial charge in [-0.05, 0) is 0 Å². The van der Waals surface area contributed by atoms with Gasteiger partial charge in [0.05, 0.1) is 0 Å². The largest absolute Gasteiger partial charge is 0.420 e. The zero-order chi connectivity index (χ0) is 5.91. The molecule has 0 fully saturated rings. The van der Waals surface area contributed by atoms with Gasteiger partial charge in [0.2, 0.25) is 0 Å². The number of aliphatic hydroxyl groups is 3. The Balaban J connectivity index is 3.15. The van der Waals surface area contributed by atoms with Gasteiger partial charge in [-0.25, -0.2) is 0 Å². The second kappa shape index (κ2) is 2.39. The molecule has 0 amide bonds. The molecule has 0 saturated carbocycles. The van der Waals surface area contributed by atoms with Crippen molar-refractivity contribution in [1.29, 1.82) is 0 Å². The maximum absolute atomic E-state index is 8.03. The molecule has 3 N–H and O–H groups in total. The Hall–Kier alpha value is 0.0569. The second-order valence-electron chi connectivity index (χ2n) is 1.21. The third kappa shape index (κ3) is 6.06. The third-order valence-electron chi connectivity index (χ3n) is 0.338. The molecule has 0 spiro atoms. The van der Waals surface area contributed by atoms with E-state index in [0.717, 1.165) is 0 Å². The Morgan fingerprint density at radius 2 is 1.86 bits per heavy atom. The van der Waals surface area contributed by atoms with E-state index in [1.54, 1.807) is 0 Å². The van der Waals surface area contributed by atoms with Crippen LogP contribution in [-0.4, -0.2) is 38.4 Å². The highest BCUT2D eigenvalue weighted by Gasteiger charge is 2.15. The topological polar surface area (TPSA) is 69.9 Å². The summed E-state index contributed by atoms with van der Waals surface area (Å²) in [7, 11) is 0.390. The third-order valence-corrected chi connectivity index (χ3v) is 0.627. The van der Waals surface area contributed by atoms with Crippen LogP contribution in [0.5, 0.6) is 0 Å². The minimum Gasteiger partial charge on any atom is -0.420 e. The van der Waals surface area contributed by atoms with Crippen molar-refractivity contribution in [1.82, 2.24) is 0 Å². The van der Waals surface area contributed by atoms with Crippen LogP contribution in [0.3, 0.4) is 0 Å². The molecule has 7 heavy (non-hydrogen) atoms. The van der Waals surface area contributed by atoms with Gasteiger partial charge < -0.3 is 19.7 Å². The fourth-order valence-corrected chi connectivity index (χ4v) is 0.581. The van der Waals surface area contributed by atoms with Gasteiger partial charge in [-0.1, -0.05) is 0 Å². The van der Waals surface area contributed by atoms with Crippen molar-refractivity contribution in [2.24, 2.45) is 0 Å². The molecule has 0 radical (unpaired) electrons. The highest BCUT2D eigenvalue weighted by atomic mass is 28.2. The van der Waals surface area contributed by atoms with Crippen LogP contribution in [0, 0.1) is 0 Å². The Labute approximate surface area is 43.9 Å². The summed E-state index contributed by atoms with van der Waals surface area (Å²) >= 11 is 0. The van der Waals surface area contributed by atoms with E-state index in [9.17, 15) is 0 Å². The quantitative estimate of drug-likeness (QED) is 0.269. The van der Waals surface area contributed by atoms with E-state index in [1.807, 2.05) is 0 Å². The molecule has 44 valence electrons. The van der Waals surface area contributed by atoms with Crippen LogP contribution < -0.4 is 0 Å². The van der Waals surface area contributed by atoms with Crippen LogP contribution in [0.2, 0.25) is 0 Å². The Kier molecular flexibility index (Phi) is 2.41. The zero-order valence-corrected chi connectivity index (χ0v) is 5.96. The molecule has 0 aliphatic carbocycles. The van der Waals surface area contributed by atoms with Crippen molar-refractivity contribution in [3.63, 3.8) is 0 Å². The molecule has 0 aromatic carbocycles. The fourth-order valence-electron chi connectivity index (χ4n) is 0.194. The molecule has 0 atom stereocenters. The monoisotopic (exact) mass is 124 g/mol. The fraction of sp³-hybridized carbons (Fsp3) is 1.00. The first kappa shape index (κ1) is 7.06. The summed E-state index contributed by atoms with van der Waals surface area (Å²) in [5.74, 6) is -2.64. The van der Waals surface area contributed by atoms with Gasteiger partial charge in [0.25, 0.3) is 5.97 Å². The zero-order valence-electron chi connectivity index (χ0n) is 3.96. The molecular formula is C2H8O4Si. The normalized spacial score (nSPS) is 12.4. The molecule has 0 aliphatic heterocycles. The summed E-state index contributed by atoms with van der Waals surface area (Å²) in [5, 5.41) is 24.1. The lowest BCUT2D eigenvalue weighted by Crippen LogP contribution is -2.32. The first-order valence-corrected chi connectivity index (χ1v) is 2.54. The van der Waals surface area contributed by atoms with Gasteiger partial charge in [0, 0.05) is 0 Å². The molecule has 0 saturated heterocycles. The smallest absolute Gasteiger partial charge is 0.298 e. The van der Waals surface area contributed by atoms with Gasteiger partial charge in [-0.2, -0.15) is 0 Å². The molecule has 0 aromatic rings. The Morgan fingerprint density at radius 3 is 1.86 bits per heavy atom. The van der Waals surface area contributed by atoms with Gasteiger partial charge >= 0.3 is 0 Å². The first-order chi connectivity index (χ1) is 3.06. The minimum atomic E-state index is -2.64. The Morgan fingerprint density at radius 1 is 1.43 bits per heavy atom. The second-order valence-corrected chi connectivity index (χ2v) is 1.78. The van der Waals surface area contributed by atoms with Crippen LogP contribution >= 0.6 is 0 Å². The predicted molar refractivity (Wildman–Crippen MR) is 25.3 cm³/mol. The van der Waals surface area contributed by atoms with E-state index in [1.165, 1.54) is 0 Å². The molecule has 0 unspecified atom stereocenters. The lowest BCUT2D eigenvalue weighted by Gasteiger charge is -2.11. The van der Waals surface area contributed by atoms with Crippen LogP contribution in [0.25, 0.3) is 0 Å². The van der Waals surface area contributed by atoms with Crippen molar-refractivity contribution in [3.05, 3.63) is 0 Å². The van der Waals surface area contributed by atoms with E-state index < -0.39 is 12.6 Å². The molecule has 4 nitrogen and oxygen atoms in total. The summed E-state index contributed by atoms with van der Waals surface area (Å²) in [6.07, 6.45) is 0. The average molecular weight is 124 g/mol. The van der Waals surface area contributed by atoms with E-state index in [-0.39, 0.29) is 0 Å². The molecule has 0 aliphatic rings. The van der Waals surface area contributed by atoms with Gasteiger partial charge in [-0.3, -0.25) is 0 Å². The summed E-state index contributed by atoms with van der Waals surface area (Å²) in [6, 6.07) is 0. The van der Waals surface area contributed by atoms with Crippen LogP contribution in [0.1, 0.15) is 0 Å². The number of hydrogen-bond acceptors (Lipinski definition) is 4. The maximum Gasteiger partial charge on any atom is 0.298 e. The van der Waals surface area contributed by atoms with E-state index in [4.69, 9.17) is 15.3 Å². The lowest BCUT2D eigenvalue weighted by molar-refractivity contribution is -0.322. The van der Waals surface area contributed by atoms with E-state index >= 15 is 0 Å². The summed E-state index contributed by atoms with van der Waals surface area (Å²) in [6.45, 7) is -0.431. The van der Waals surface area contributed by atoms with Gasteiger partial charge in [0.15, 0.2) is 0 Å². The molecule has 0 bridgehead atoms. The molecular weight excluding hydrogens is 116 g/mol. The van der Waals surface area contributed by atoms with E-state index in [2.05, 4.69) is 4.43 Å². The number of hydrogen-bond donors (Lipinski definition) is 3. The summed E-state index contributed by atoms with van der Waals surface area (Å²) < 4.78 is 4.30. The Bertz CT molecular complexity index is 48.1. The van der Waals surface area contributed by atoms with Gasteiger partial charge in [0.1, 0.15) is 17.1 Å².